The fourth-order valence-electron chi connectivity index (χ4n) is 1.94. The number of benzene rings is 1. The average Bonchev–Trinajstić information content (AvgIpc) is 2.79. The number of fused-ring (bicyclic) bond motifs is 1. The quantitative estimate of drug-likeness (QED) is 0.628. The van der Waals surface area contributed by atoms with E-state index in [-0.39, 0.29) is 12.6 Å². The van der Waals surface area contributed by atoms with Crippen molar-refractivity contribution in [2.45, 2.75) is 19.1 Å². The third kappa shape index (κ3) is 2.66. The van der Waals surface area contributed by atoms with Crippen LogP contribution in [-0.4, -0.2) is 34.5 Å². The zero-order chi connectivity index (χ0) is 12.3. The van der Waals surface area contributed by atoms with Crippen LogP contribution in [0.15, 0.2) is 30.5 Å². The van der Waals surface area contributed by atoms with Crippen molar-refractivity contribution >= 4 is 10.9 Å². The second-order valence-corrected chi connectivity index (χ2v) is 4.26. The molecule has 2 unspecified atom stereocenters. The lowest BCUT2D eigenvalue weighted by Crippen LogP contribution is -2.31. The molecule has 4 heteroatoms. The van der Waals surface area contributed by atoms with Crippen LogP contribution in [0, 0.1) is 0 Å². The molecule has 0 saturated heterocycles. The van der Waals surface area contributed by atoms with Crippen LogP contribution in [0.25, 0.3) is 10.9 Å². The van der Waals surface area contributed by atoms with Crippen LogP contribution in [-0.2, 0) is 0 Å². The summed E-state index contributed by atoms with van der Waals surface area (Å²) in [5.74, 6) is 0. The summed E-state index contributed by atoms with van der Waals surface area (Å²) < 4.78 is 0. The predicted octanol–water partition coefficient (Wildman–Crippen LogP) is 1.17. The number of aromatic nitrogens is 1. The van der Waals surface area contributed by atoms with Crippen LogP contribution < -0.4 is 5.32 Å². The van der Waals surface area contributed by atoms with Crippen molar-refractivity contribution in [2.75, 3.05) is 13.2 Å². The third-order valence-corrected chi connectivity index (χ3v) is 2.96. The van der Waals surface area contributed by atoms with Crippen LogP contribution >= 0.6 is 0 Å². The van der Waals surface area contributed by atoms with E-state index in [2.05, 4.69) is 16.4 Å². The number of hydrogen-bond donors (Lipinski definition) is 4. The minimum Gasteiger partial charge on any atom is -0.394 e. The van der Waals surface area contributed by atoms with Crippen molar-refractivity contribution in [1.82, 2.24) is 10.3 Å². The third-order valence-electron chi connectivity index (χ3n) is 2.96. The highest BCUT2D eigenvalue weighted by atomic mass is 16.3. The van der Waals surface area contributed by atoms with Gasteiger partial charge in [-0.15, -0.1) is 0 Å². The predicted molar refractivity (Wildman–Crippen MR) is 67.8 cm³/mol. The van der Waals surface area contributed by atoms with E-state index in [0.29, 0.717) is 6.54 Å². The fourth-order valence-corrected chi connectivity index (χ4v) is 1.94. The van der Waals surface area contributed by atoms with Crippen LogP contribution in [0.3, 0.4) is 0 Å². The minimum absolute atomic E-state index is 0.132. The van der Waals surface area contributed by atoms with Crippen LogP contribution in [0.4, 0.5) is 0 Å². The van der Waals surface area contributed by atoms with Gasteiger partial charge in [0.1, 0.15) is 0 Å². The fraction of sp³-hybridized carbons (Fsp3) is 0.385. The molecule has 92 valence electrons. The molecule has 0 bridgehead atoms. The summed E-state index contributed by atoms with van der Waals surface area (Å²) in [7, 11) is 0. The van der Waals surface area contributed by atoms with Gasteiger partial charge in [-0.1, -0.05) is 18.2 Å². The molecule has 0 saturated carbocycles. The molecule has 0 fully saturated rings. The first-order valence-electron chi connectivity index (χ1n) is 5.80. The molecule has 0 aliphatic carbocycles. The molecule has 0 aliphatic rings. The van der Waals surface area contributed by atoms with Gasteiger partial charge >= 0.3 is 0 Å². The topological polar surface area (TPSA) is 68.3 Å². The molecule has 0 radical (unpaired) electrons. The maximum atomic E-state index is 9.30. The van der Waals surface area contributed by atoms with Gasteiger partial charge in [-0.05, 0) is 18.6 Å². The standard InChI is InChI=1S/C13H18N2O2/c1-9(14-6-10(17)8-16)12-7-15-13-5-3-2-4-11(12)13/h2-5,7,9-10,14-17H,6,8H2,1H3. The number of aliphatic hydroxyl groups excluding tert-OH is 2. The number of nitrogens with one attached hydrogen (secondary N) is 2. The van der Waals surface area contributed by atoms with E-state index < -0.39 is 6.10 Å². The van der Waals surface area contributed by atoms with E-state index in [4.69, 9.17) is 5.11 Å². The summed E-state index contributed by atoms with van der Waals surface area (Å²) in [4.78, 5) is 3.22. The summed E-state index contributed by atoms with van der Waals surface area (Å²) >= 11 is 0. The highest BCUT2D eigenvalue weighted by Gasteiger charge is 2.11. The van der Waals surface area contributed by atoms with E-state index >= 15 is 0 Å². The van der Waals surface area contributed by atoms with Gasteiger partial charge in [-0.3, -0.25) is 0 Å². The molecular formula is C13H18N2O2. The van der Waals surface area contributed by atoms with Gasteiger partial charge in [0, 0.05) is 29.7 Å². The zero-order valence-corrected chi connectivity index (χ0v) is 9.85. The van der Waals surface area contributed by atoms with Gasteiger partial charge in [0.25, 0.3) is 0 Å². The smallest absolute Gasteiger partial charge is 0.0895 e. The minimum atomic E-state index is -0.706. The van der Waals surface area contributed by atoms with Crippen molar-refractivity contribution in [1.29, 1.82) is 0 Å². The molecule has 1 aromatic heterocycles. The molecule has 4 nitrogen and oxygen atoms in total. The maximum absolute atomic E-state index is 9.30. The Bertz CT molecular complexity index is 481. The van der Waals surface area contributed by atoms with E-state index in [1.807, 2.05) is 31.3 Å². The second kappa shape index (κ2) is 5.31. The average molecular weight is 234 g/mol. The lowest BCUT2D eigenvalue weighted by atomic mass is 10.1. The molecule has 1 heterocycles. The number of aromatic amines is 1. The van der Waals surface area contributed by atoms with Crippen molar-refractivity contribution in [3.8, 4) is 0 Å². The van der Waals surface area contributed by atoms with E-state index in [0.717, 1.165) is 5.52 Å². The van der Waals surface area contributed by atoms with Crippen molar-refractivity contribution in [3.05, 3.63) is 36.0 Å². The number of rotatable bonds is 5. The zero-order valence-electron chi connectivity index (χ0n) is 9.85. The summed E-state index contributed by atoms with van der Waals surface area (Å²) in [6.07, 6.45) is 1.27. The Balaban J connectivity index is 2.11. The molecule has 0 spiro atoms. The first-order chi connectivity index (χ1) is 8.22. The number of hydrogen-bond acceptors (Lipinski definition) is 3. The largest absolute Gasteiger partial charge is 0.394 e. The molecule has 17 heavy (non-hydrogen) atoms. The van der Waals surface area contributed by atoms with Gasteiger partial charge in [-0.25, -0.2) is 0 Å². The highest BCUT2D eigenvalue weighted by Crippen LogP contribution is 2.23. The van der Waals surface area contributed by atoms with E-state index in [1.54, 1.807) is 0 Å². The first kappa shape index (κ1) is 12.1. The second-order valence-electron chi connectivity index (χ2n) is 4.26. The molecule has 2 atom stereocenters. The number of H-pyrrole nitrogens is 1. The van der Waals surface area contributed by atoms with Crippen LogP contribution in [0.2, 0.25) is 0 Å². The first-order valence-corrected chi connectivity index (χ1v) is 5.80. The highest BCUT2D eigenvalue weighted by molar-refractivity contribution is 5.83. The van der Waals surface area contributed by atoms with Crippen LogP contribution in [0.1, 0.15) is 18.5 Å². The molecule has 4 N–H and O–H groups in total. The monoisotopic (exact) mass is 234 g/mol. The molecule has 0 aliphatic heterocycles. The molecule has 0 amide bonds. The Labute approximate surface area is 100 Å². The summed E-state index contributed by atoms with van der Waals surface area (Å²) in [5.41, 5.74) is 2.28. The van der Waals surface area contributed by atoms with E-state index in [1.165, 1.54) is 10.9 Å². The SMILES string of the molecule is CC(NCC(O)CO)c1c[nH]c2ccccc12. The van der Waals surface area contributed by atoms with Crippen molar-refractivity contribution in [3.63, 3.8) is 0 Å². The molecule has 1 aromatic carbocycles. The Kier molecular flexibility index (Phi) is 3.78. The van der Waals surface area contributed by atoms with Gasteiger partial charge in [0.15, 0.2) is 0 Å². The van der Waals surface area contributed by atoms with Gasteiger partial charge < -0.3 is 20.5 Å². The summed E-state index contributed by atoms with van der Waals surface area (Å²) in [5, 5.41) is 22.4. The lowest BCUT2D eigenvalue weighted by Gasteiger charge is -2.15. The Hall–Kier alpha value is -1.36. The number of para-hydroxylation sites is 1. The Morgan fingerprint density at radius 1 is 1.35 bits per heavy atom. The molecule has 2 rings (SSSR count). The van der Waals surface area contributed by atoms with Gasteiger partial charge in [0.05, 0.1) is 12.7 Å². The number of aliphatic hydroxyl groups is 2. The lowest BCUT2D eigenvalue weighted by molar-refractivity contribution is 0.0924. The van der Waals surface area contributed by atoms with Crippen LogP contribution in [0.5, 0.6) is 0 Å². The van der Waals surface area contributed by atoms with E-state index in [9.17, 15) is 5.11 Å². The Morgan fingerprint density at radius 2 is 2.12 bits per heavy atom. The molecular weight excluding hydrogens is 216 g/mol. The van der Waals surface area contributed by atoms with Crippen molar-refractivity contribution in [2.24, 2.45) is 0 Å². The summed E-state index contributed by atoms with van der Waals surface area (Å²) in [6.45, 7) is 2.21. The maximum Gasteiger partial charge on any atom is 0.0895 e. The van der Waals surface area contributed by atoms with Gasteiger partial charge in [-0.2, -0.15) is 0 Å². The van der Waals surface area contributed by atoms with Gasteiger partial charge in [0.2, 0.25) is 0 Å². The normalized spacial score (nSPS) is 15.0. The Morgan fingerprint density at radius 3 is 2.88 bits per heavy atom. The summed E-state index contributed by atoms with van der Waals surface area (Å²) in [6, 6.07) is 8.24. The molecule has 2 aromatic rings. The van der Waals surface area contributed by atoms with Crippen molar-refractivity contribution < 1.29 is 10.2 Å².